The first-order valence-corrected chi connectivity index (χ1v) is 8.87. The first-order chi connectivity index (χ1) is 9.40. The zero-order valence-electron chi connectivity index (χ0n) is 11.4. The van der Waals surface area contributed by atoms with E-state index < -0.39 is 16.1 Å². The van der Waals surface area contributed by atoms with Gasteiger partial charge in [-0.15, -0.1) is 0 Å². The lowest BCUT2D eigenvalue weighted by Crippen LogP contribution is -2.36. The molecule has 1 atom stereocenters. The van der Waals surface area contributed by atoms with Crippen molar-refractivity contribution >= 4 is 33.4 Å². The average Bonchev–Trinajstić information content (AvgIpc) is 2.44. The van der Waals surface area contributed by atoms with Gasteiger partial charge in [0.2, 0.25) is 15.9 Å². The molecule has 0 spiro atoms. The van der Waals surface area contributed by atoms with E-state index in [1.54, 1.807) is 23.9 Å². The van der Waals surface area contributed by atoms with E-state index in [-0.39, 0.29) is 10.8 Å². The molecule has 0 aliphatic heterocycles. The second-order valence-corrected chi connectivity index (χ2v) is 6.98. The molecule has 20 heavy (non-hydrogen) atoms. The normalized spacial score (nSPS) is 12.9. The molecule has 1 aromatic rings. The van der Waals surface area contributed by atoms with Crippen LogP contribution < -0.4 is 15.8 Å². The summed E-state index contributed by atoms with van der Waals surface area (Å²) in [5, 5.41) is 2.62. The number of anilines is 1. The topological polar surface area (TPSA) is 101 Å². The molecule has 0 radical (unpaired) electrons. The fraction of sp³-hybridized carbons (Fsp3) is 0.417. The van der Waals surface area contributed by atoms with Crippen LogP contribution in [0, 0.1) is 0 Å². The van der Waals surface area contributed by atoms with Crippen molar-refractivity contribution in [3.8, 4) is 0 Å². The Bertz CT molecular complexity index is 561. The molecule has 4 N–H and O–H groups in total. The first-order valence-electron chi connectivity index (χ1n) is 5.99. The number of nitrogens with one attached hydrogen (secondary N) is 2. The van der Waals surface area contributed by atoms with Gasteiger partial charge in [-0.25, -0.2) is 13.1 Å². The Morgan fingerprint density at radius 2 is 2.15 bits per heavy atom. The summed E-state index contributed by atoms with van der Waals surface area (Å²) >= 11 is 1.61. The van der Waals surface area contributed by atoms with Gasteiger partial charge in [-0.1, -0.05) is 6.07 Å². The molecule has 1 amide bonds. The highest BCUT2D eigenvalue weighted by molar-refractivity contribution is 7.98. The van der Waals surface area contributed by atoms with Crippen LogP contribution in [0.15, 0.2) is 29.2 Å². The highest BCUT2D eigenvalue weighted by Gasteiger charge is 2.15. The van der Waals surface area contributed by atoms with Crippen LogP contribution in [0.1, 0.15) is 6.42 Å². The molecule has 1 rings (SSSR count). The number of hydrogen-bond donors (Lipinski definition) is 3. The molecule has 0 saturated heterocycles. The summed E-state index contributed by atoms with van der Waals surface area (Å²) in [5.41, 5.74) is 6.15. The highest BCUT2D eigenvalue weighted by atomic mass is 32.2. The summed E-state index contributed by atoms with van der Waals surface area (Å²) in [4.78, 5) is 11.9. The molecule has 0 aliphatic carbocycles. The summed E-state index contributed by atoms with van der Waals surface area (Å²) in [6, 6.07) is 5.42. The number of sulfonamides is 1. The summed E-state index contributed by atoms with van der Waals surface area (Å²) in [6.45, 7) is 0. The quantitative estimate of drug-likeness (QED) is 0.684. The van der Waals surface area contributed by atoms with Crippen molar-refractivity contribution in [1.82, 2.24) is 4.72 Å². The molecule has 0 fully saturated rings. The third kappa shape index (κ3) is 4.78. The van der Waals surface area contributed by atoms with E-state index in [1.807, 2.05) is 6.26 Å². The van der Waals surface area contributed by atoms with Gasteiger partial charge < -0.3 is 11.1 Å². The largest absolute Gasteiger partial charge is 0.325 e. The Balaban J connectivity index is 2.79. The van der Waals surface area contributed by atoms with Gasteiger partial charge >= 0.3 is 0 Å². The molecule has 8 heteroatoms. The lowest BCUT2D eigenvalue weighted by Gasteiger charge is -2.12. The molecule has 0 unspecified atom stereocenters. The maximum absolute atomic E-state index is 11.8. The number of amides is 1. The van der Waals surface area contributed by atoms with E-state index in [0.717, 1.165) is 5.75 Å². The van der Waals surface area contributed by atoms with Gasteiger partial charge in [-0.2, -0.15) is 11.8 Å². The van der Waals surface area contributed by atoms with Crippen LogP contribution in [0.2, 0.25) is 0 Å². The maximum Gasteiger partial charge on any atom is 0.241 e. The van der Waals surface area contributed by atoms with Gasteiger partial charge in [0, 0.05) is 5.69 Å². The van der Waals surface area contributed by atoms with Gasteiger partial charge in [-0.05, 0) is 43.7 Å². The van der Waals surface area contributed by atoms with Gasteiger partial charge in [0.25, 0.3) is 0 Å². The number of hydrogen-bond acceptors (Lipinski definition) is 5. The fourth-order valence-electron chi connectivity index (χ4n) is 1.47. The second kappa shape index (κ2) is 7.63. The van der Waals surface area contributed by atoms with E-state index in [2.05, 4.69) is 10.0 Å². The predicted octanol–water partition coefficient (Wildman–Crippen LogP) is 0.614. The standard InChI is InChI=1S/C12H19N3O3S2/c1-14-20(17,18)10-5-3-4-9(8-10)15-12(16)11(13)6-7-19-2/h3-5,8,11,14H,6-7,13H2,1-2H3,(H,15,16)/t11-/m0/s1. The Hall–Kier alpha value is -1.09. The highest BCUT2D eigenvalue weighted by Crippen LogP contribution is 2.15. The molecule has 6 nitrogen and oxygen atoms in total. The van der Waals surface area contributed by atoms with Crippen molar-refractivity contribution in [2.45, 2.75) is 17.4 Å². The number of thioether (sulfide) groups is 1. The first kappa shape index (κ1) is 17.0. The zero-order valence-corrected chi connectivity index (χ0v) is 13.1. The fourth-order valence-corrected chi connectivity index (χ4v) is 2.73. The molecule has 112 valence electrons. The second-order valence-electron chi connectivity index (χ2n) is 4.11. The van der Waals surface area contributed by atoms with Crippen LogP contribution in [-0.4, -0.2) is 39.4 Å². The number of carbonyl (C=O) groups is 1. The van der Waals surface area contributed by atoms with Crippen molar-refractivity contribution in [2.24, 2.45) is 5.73 Å². The number of carbonyl (C=O) groups excluding carboxylic acids is 1. The minimum absolute atomic E-state index is 0.0930. The SMILES string of the molecule is CNS(=O)(=O)c1cccc(NC(=O)[C@@H](N)CCSC)c1. The minimum atomic E-state index is -3.53. The maximum atomic E-state index is 11.8. The Labute approximate surface area is 123 Å². The van der Waals surface area contributed by atoms with Gasteiger partial charge in [0.05, 0.1) is 10.9 Å². The third-order valence-corrected chi connectivity index (χ3v) is 4.71. The molecule has 0 bridgehead atoms. The zero-order chi connectivity index (χ0) is 15.2. The van der Waals surface area contributed by atoms with Crippen LogP contribution in [0.4, 0.5) is 5.69 Å². The van der Waals surface area contributed by atoms with Crippen molar-refractivity contribution in [2.75, 3.05) is 24.4 Å². The van der Waals surface area contributed by atoms with Crippen molar-refractivity contribution in [1.29, 1.82) is 0 Å². The minimum Gasteiger partial charge on any atom is -0.325 e. The van der Waals surface area contributed by atoms with Crippen molar-refractivity contribution < 1.29 is 13.2 Å². The van der Waals surface area contributed by atoms with Crippen molar-refractivity contribution in [3.05, 3.63) is 24.3 Å². The summed E-state index contributed by atoms with van der Waals surface area (Å²) in [5.74, 6) is 0.473. The Kier molecular flexibility index (Phi) is 6.47. The van der Waals surface area contributed by atoms with E-state index in [9.17, 15) is 13.2 Å². The Morgan fingerprint density at radius 3 is 2.75 bits per heavy atom. The molecular formula is C12H19N3O3S2. The lowest BCUT2D eigenvalue weighted by molar-refractivity contribution is -0.117. The third-order valence-electron chi connectivity index (χ3n) is 2.65. The van der Waals surface area contributed by atoms with Crippen molar-refractivity contribution in [3.63, 3.8) is 0 Å². The average molecular weight is 317 g/mol. The molecule has 0 saturated carbocycles. The van der Waals surface area contributed by atoms with E-state index in [4.69, 9.17) is 5.73 Å². The summed E-state index contributed by atoms with van der Waals surface area (Å²) in [6.07, 6.45) is 2.51. The summed E-state index contributed by atoms with van der Waals surface area (Å²) in [7, 11) is -2.19. The molecule has 1 aromatic carbocycles. The van der Waals surface area contributed by atoms with E-state index >= 15 is 0 Å². The van der Waals surface area contributed by atoms with Crippen LogP contribution in [0.25, 0.3) is 0 Å². The Morgan fingerprint density at radius 1 is 1.45 bits per heavy atom. The van der Waals surface area contributed by atoms with Crippen LogP contribution >= 0.6 is 11.8 Å². The summed E-state index contributed by atoms with van der Waals surface area (Å²) < 4.78 is 25.5. The molecule has 0 heterocycles. The predicted molar refractivity (Wildman–Crippen MR) is 82.3 cm³/mol. The van der Waals surface area contributed by atoms with Gasteiger partial charge in [0.1, 0.15) is 0 Å². The van der Waals surface area contributed by atoms with Crippen LogP contribution in [-0.2, 0) is 14.8 Å². The monoisotopic (exact) mass is 317 g/mol. The molecule has 0 aliphatic rings. The van der Waals surface area contributed by atoms with E-state index in [1.165, 1.54) is 19.2 Å². The van der Waals surface area contributed by atoms with Crippen LogP contribution in [0.5, 0.6) is 0 Å². The number of rotatable bonds is 7. The number of nitrogens with two attached hydrogens (primary N) is 1. The van der Waals surface area contributed by atoms with E-state index in [0.29, 0.717) is 12.1 Å². The van der Waals surface area contributed by atoms with Crippen LogP contribution in [0.3, 0.4) is 0 Å². The smallest absolute Gasteiger partial charge is 0.241 e. The molecular weight excluding hydrogens is 298 g/mol. The molecule has 0 aromatic heterocycles. The number of benzene rings is 1. The lowest BCUT2D eigenvalue weighted by atomic mass is 10.2. The van der Waals surface area contributed by atoms with Gasteiger partial charge in [0.15, 0.2) is 0 Å². The van der Waals surface area contributed by atoms with Gasteiger partial charge in [-0.3, -0.25) is 4.79 Å².